The molecule has 0 aromatic rings. The Morgan fingerprint density at radius 1 is 0.826 bits per heavy atom. The molecule has 0 spiro atoms. The van der Waals surface area contributed by atoms with Crippen molar-refractivity contribution in [3.63, 3.8) is 0 Å². The van der Waals surface area contributed by atoms with Gasteiger partial charge in [-0.15, -0.1) is 0 Å². The van der Waals surface area contributed by atoms with E-state index in [-0.39, 0.29) is 17.7 Å². The van der Waals surface area contributed by atoms with Crippen LogP contribution in [0.5, 0.6) is 0 Å². The van der Waals surface area contributed by atoms with Gasteiger partial charge in [0, 0.05) is 12.8 Å². The smallest absolute Gasteiger partial charge is 0.306 e. The molecule has 0 aliphatic rings. The van der Waals surface area contributed by atoms with Crippen molar-refractivity contribution in [2.24, 2.45) is 0 Å². The van der Waals surface area contributed by atoms with Crippen molar-refractivity contribution < 1.29 is 23.9 Å². The molecule has 0 bridgehead atoms. The predicted octanol–water partition coefficient (Wildman–Crippen LogP) is 3.97. The average Bonchev–Trinajstić information content (AvgIpc) is 2.50. The zero-order valence-electron chi connectivity index (χ0n) is 14.9. The van der Waals surface area contributed by atoms with Crippen molar-refractivity contribution in [1.29, 1.82) is 0 Å². The molecule has 0 saturated carbocycles. The second kappa shape index (κ2) is 14.2. The molecular formula is C18H32O5. The molecule has 0 rings (SSSR count). The highest BCUT2D eigenvalue weighted by molar-refractivity contribution is 5.83. The molecule has 1 unspecified atom stereocenters. The Balaban J connectivity index is 3.38. The molecule has 23 heavy (non-hydrogen) atoms. The molecule has 0 aromatic carbocycles. The van der Waals surface area contributed by atoms with Gasteiger partial charge in [-0.3, -0.25) is 14.4 Å². The maximum atomic E-state index is 11.5. The number of unbranched alkanes of at least 4 members (excludes halogenated alkanes) is 6. The minimum absolute atomic E-state index is 0.0965. The first kappa shape index (κ1) is 21.6. The zero-order valence-corrected chi connectivity index (χ0v) is 14.9. The predicted molar refractivity (Wildman–Crippen MR) is 89.0 cm³/mol. The lowest BCUT2D eigenvalue weighted by Gasteiger charge is -2.09. The van der Waals surface area contributed by atoms with Crippen molar-refractivity contribution in [1.82, 2.24) is 0 Å². The van der Waals surface area contributed by atoms with Gasteiger partial charge in [0.15, 0.2) is 11.9 Å². The standard InChI is InChI=1S/C18H32O5/c1-4-5-14-22-17(20)12-10-8-6-7-9-11-13-18(21)23-16(3)15(2)19/h16H,4-14H2,1-3H3. The van der Waals surface area contributed by atoms with Gasteiger partial charge in [0.1, 0.15) is 0 Å². The van der Waals surface area contributed by atoms with Crippen LogP contribution >= 0.6 is 0 Å². The van der Waals surface area contributed by atoms with Crippen molar-refractivity contribution in [2.75, 3.05) is 6.61 Å². The van der Waals surface area contributed by atoms with Crippen molar-refractivity contribution in [3.05, 3.63) is 0 Å². The minimum atomic E-state index is -0.639. The highest BCUT2D eigenvalue weighted by atomic mass is 16.5. The molecule has 0 aliphatic carbocycles. The number of carbonyl (C=O) groups is 3. The van der Waals surface area contributed by atoms with E-state index in [1.54, 1.807) is 6.92 Å². The van der Waals surface area contributed by atoms with E-state index in [4.69, 9.17) is 9.47 Å². The number of esters is 2. The van der Waals surface area contributed by atoms with E-state index < -0.39 is 6.10 Å². The van der Waals surface area contributed by atoms with Crippen LogP contribution in [-0.4, -0.2) is 30.4 Å². The van der Waals surface area contributed by atoms with Gasteiger partial charge in [-0.2, -0.15) is 0 Å². The Morgan fingerprint density at radius 2 is 1.35 bits per heavy atom. The van der Waals surface area contributed by atoms with Crippen LogP contribution in [0.4, 0.5) is 0 Å². The Bertz CT molecular complexity index is 351. The molecule has 134 valence electrons. The van der Waals surface area contributed by atoms with Crippen LogP contribution < -0.4 is 0 Å². The van der Waals surface area contributed by atoms with Crippen LogP contribution in [-0.2, 0) is 23.9 Å². The second-order valence-electron chi connectivity index (χ2n) is 5.94. The number of Topliss-reactive ketones (excluding diaryl/α,β-unsaturated/α-hetero) is 1. The molecule has 1 atom stereocenters. The van der Waals surface area contributed by atoms with Gasteiger partial charge in [-0.25, -0.2) is 0 Å². The normalized spacial score (nSPS) is 11.8. The summed E-state index contributed by atoms with van der Waals surface area (Å²) in [4.78, 5) is 33.8. The van der Waals surface area contributed by atoms with E-state index in [9.17, 15) is 14.4 Å². The molecule has 0 amide bonds. The molecule has 0 N–H and O–H groups in total. The van der Waals surface area contributed by atoms with Gasteiger partial charge >= 0.3 is 11.9 Å². The summed E-state index contributed by atoms with van der Waals surface area (Å²) < 4.78 is 10.1. The Morgan fingerprint density at radius 3 is 1.87 bits per heavy atom. The van der Waals surface area contributed by atoms with E-state index in [2.05, 4.69) is 6.92 Å². The quantitative estimate of drug-likeness (QED) is 0.356. The summed E-state index contributed by atoms with van der Waals surface area (Å²) in [6.45, 7) is 5.61. The van der Waals surface area contributed by atoms with Crippen molar-refractivity contribution in [2.45, 2.75) is 91.1 Å². The summed E-state index contributed by atoms with van der Waals surface area (Å²) in [5.41, 5.74) is 0. The lowest BCUT2D eigenvalue weighted by molar-refractivity contribution is -0.153. The summed E-state index contributed by atoms with van der Waals surface area (Å²) in [6, 6.07) is 0. The van der Waals surface area contributed by atoms with E-state index in [0.717, 1.165) is 51.4 Å². The summed E-state index contributed by atoms with van der Waals surface area (Å²) in [5, 5.41) is 0. The maximum Gasteiger partial charge on any atom is 0.306 e. The van der Waals surface area contributed by atoms with Crippen molar-refractivity contribution >= 4 is 17.7 Å². The lowest BCUT2D eigenvalue weighted by Crippen LogP contribution is -2.21. The van der Waals surface area contributed by atoms with Crippen LogP contribution in [0, 0.1) is 0 Å². The number of rotatable bonds is 14. The summed E-state index contributed by atoms with van der Waals surface area (Å²) in [7, 11) is 0. The van der Waals surface area contributed by atoms with Gasteiger partial charge in [0.2, 0.25) is 0 Å². The minimum Gasteiger partial charge on any atom is -0.466 e. The Hall–Kier alpha value is -1.39. The van der Waals surface area contributed by atoms with Crippen LogP contribution in [0.25, 0.3) is 0 Å². The Labute approximate surface area is 140 Å². The van der Waals surface area contributed by atoms with Gasteiger partial charge in [-0.05, 0) is 33.1 Å². The fourth-order valence-electron chi connectivity index (χ4n) is 1.99. The summed E-state index contributed by atoms with van der Waals surface area (Å²) in [6.07, 6.45) is 7.90. The number of ketones is 1. The fraction of sp³-hybridized carbons (Fsp3) is 0.833. The highest BCUT2D eigenvalue weighted by Gasteiger charge is 2.12. The van der Waals surface area contributed by atoms with E-state index in [1.807, 2.05) is 0 Å². The molecule has 0 fully saturated rings. The monoisotopic (exact) mass is 328 g/mol. The third kappa shape index (κ3) is 14.0. The van der Waals surface area contributed by atoms with E-state index in [0.29, 0.717) is 19.4 Å². The van der Waals surface area contributed by atoms with Crippen LogP contribution in [0.3, 0.4) is 0 Å². The van der Waals surface area contributed by atoms with Crippen LogP contribution in [0.15, 0.2) is 0 Å². The first-order valence-corrected chi connectivity index (χ1v) is 8.83. The number of carbonyl (C=O) groups excluding carboxylic acids is 3. The largest absolute Gasteiger partial charge is 0.466 e. The Kier molecular flexibility index (Phi) is 13.4. The van der Waals surface area contributed by atoms with Crippen molar-refractivity contribution in [3.8, 4) is 0 Å². The molecule has 5 nitrogen and oxygen atoms in total. The third-order valence-electron chi connectivity index (χ3n) is 3.65. The number of hydrogen-bond acceptors (Lipinski definition) is 5. The first-order chi connectivity index (χ1) is 11.0. The van der Waals surface area contributed by atoms with Gasteiger partial charge in [0.25, 0.3) is 0 Å². The van der Waals surface area contributed by atoms with E-state index >= 15 is 0 Å². The highest BCUT2D eigenvalue weighted by Crippen LogP contribution is 2.10. The summed E-state index contributed by atoms with van der Waals surface area (Å²) >= 11 is 0. The lowest BCUT2D eigenvalue weighted by atomic mass is 10.1. The fourth-order valence-corrected chi connectivity index (χ4v) is 1.99. The molecule has 5 heteroatoms. The maximum absolute atomic E-state index is 11.5. The molecule has 0 heterocycles. The first-order valence-electron chi connectivity index (χ1n) is 8.83. The van der Waals surface area contributed by atoms with Crippen LogP contribution in [0.2, 0.25) is 0 Å². The summed E-state index contributed by atoms with van der Waals surface area (Å²) in [5.74, 6) is -0.533. The van der Waals surface area contributed by atoms with Gasteiger partial charge in [-0.1, -0.05) is 39.0 Å². The molecular weight excluding hydrogens is 296 g/mol. The third-order valence-corrected chi connectivity index (χ3v) is 3.65. The second-order valence-corrected chi connectivity index (χ2v) is 5.94. The topological polar surface area (TPSA) is 69.7 Å². The number of hydrogen-bond donors (Lipinski definition) is 0. The molecule has 0 saturated heterocycles. The molecule has 0 aliphatic heterocycles. The average molecular weight is 328 g/mol. The van der Waals surface area contributed by atoms with Gasteiger partial charge in [0.05, 0.1) is 6.61 Å². The van der Waals surface area contributed by atoms with Crippen LogP contribution in [0.1, 0.15) is 85.0 Å². The number of ether oxygens (including phenoxy) is 2. The zero-order chi connectivity index (χ0) is 17.5. The molecule has 0 aromatic heterocycles. The van der Waals surface area contributed by atoms with E-state index in [1.165, 1.54) is 6.92 Å². The van der Waals surface area contributed by atoms with Gasteiger partial charge < -0.3 is 9.47 Å². The molecule has 0 radical (unpaired) electrons. The SMILES string of the molecule is CCCCOC(=O)CCCCCCCCC(=O)OC(C)C(C)=O.